The lowest BCUT2D eigenvalue weighted by molar-refractivity contribution is -0.131. The van der Waals surface area contributed by atoms with E-state index in [0.717, 1.165) is 26.1 Å². The van der Waals surface area contributed by atoms with E-state index in [0.29, 0.717) is 12.2 Å². The third kappa shape index (κ3) is 3.16. The quantitative estimate of drug-likeness (QED) is 0.759. The summed E-state index contributed by atoms with van der Waals surface area (Å²) in [4.78, 5) is 29.6. The highest BCUT2D eigenvalue weighted by Crippen LogP contribution is 1.98. The number of nitrogens with zero attached hydrogens (tertiary/aromatic N) is 3. The lowest BCUT2D eigenvalue weighted by Crippen LogP contribution is -2.38. The molecule has 0 atom stereocenters. The molecule has 2 heterocycles. The van der Waals surface area contributed by atoms with Crippen molar-refractivity contribution in [1.29, 1.82) is 0 Å². The van der Waals surface area contributed by atoms with Crippen LogP contribution in [0.25, 0.3) is 0 Å². The molecule has 1 aliphatic heterocycles. The Hall–Kier alpha value is -1.69. The molecule has 1 N–H and O–H groups in total. The van der Waals surface area contributed by atoms with Crippen molar-refractivity contribution < 1.29 is 4.79 Å². The minimum Gasteiger partial charge on any atom is -0.340 e. The van der Waals surface area contributed by atoms with Crippen LogP contribution in [0.3, 0.4) is 0 Å². The molecular formula is C12H18N4O2. The van der Waals surface area contributed by atoms with Gasteiger partial charge in [0.2, 0.25) is 5.91 Å². The zero-order valence-electron chi connectivity index (χ0n) is 10.6. The van der Waals surface area contributed by atoms with Crippen molar-refractivity contribution in [1.82, 2.24) is 19.8 Å². The highest BCUT2D eigenvalue weighted by atomic mass is 16.2. The minimum atomic E-state index is -0.177. The summed E-state index contributed by atoms with van der Waals surface area (Å²) in [6.45, 7) is 5.04. The maximum Gasteiger partial charge on any atom is 0.253 e. The molecular weight excluding hydrogens is 232 g/mol. The molecule has 0 spiro atoms. The van der Waals surface area contributed by atoms with E-state index in [2.05, 4.69) is 10.3 Å². The van der Waals surface area contributed by atoms with Crippen LogP contribution in [-0.4, -0.2) is 46.5 Å². The van der Waals surface area contributed by atoms with Crippen LogP contribution in [0.15, 0.2) is 17.2 Å². The lowest BCUT2D eigenvalue weighted by Gasteiger charge is -2.20. The lowest BCUT2D eigenvalue weighted by atomic mass is 10.3. The normalized spacial score (nSPS) is 16.4. The Bertz CT molecular complexity index is 475. The van der Waals surface area contributed by atoms with Gasteiger partial charge in [0.05, 0.1) is 6.33 Å². The zero-order valence-corrected chi connectivity index (χ0v) is 10.6. The van der Waals surface area contributed by atoms with Crippen molar-refractivity contribution in [2.24, 2.45) is 0 Å². The Balaban J connectivity index is 2.03. The molecule has 6 nitrogen and oxygen atoms in total. The number of rotatable bonds is 2. The molecule has 98 valence electrons. The molecule has 0 bridgehead atoms. The van der Waals surface area contributed by atoms with Crippen LogP contribution >= 0.6 is 0 Å². The SMILES string of the molecule is Cc1cc(=O)n(CC(=O)N2CCCNCC2)cn1. The first-order valence-electron chi connectivity index (χ1n) is 6.18. The van der Waals surface area contributed by atoms with E-state index in [9.17, 15) is 9.59 Å². The van der Waals surface area contributed by atoms with Gasteiger partial charge in [0.25, 0.3) is 5.56 Å². The Morgan fingerprint density at radius 1 is 1.44 bits per heavy atom. The number of aromatic nitrogens is 2. The van der Waals surface area contributed by atoms with Gasteiger partial charge in [-0.2, -0.15) is 0 Å². The fraction of sp³-hybridized carbons (Fsp3) is 0.583. The summed E-state index contributed by atoms with van der Waals surface area (Å²) in [7, 11) is 0. The number of carbonyl (C=O) groups excluding carboxylic acids is 1. The molecule has 0 aliphatic carbocycles. The van der Waals surface area contributed by atoms with Gasteiger partial charge in [-0.1, -0.05) is 0 Å². The van der Waals surface area contributed by atoms with Gasteiger partial charge in [-0.15, -0.1) is 0 Å². The van der Waals surface area contributed by atoms with E-state index in [1.807, 2.05) is 0 Å². The predicted octanol–water partition coefficient (Wildman–Crippen LogP) is -0.626. The van der Waals surface area contributed by atoms with Crippen LogP contribution in [0.1, 0.15) is 12.1 Å². The Morgan fingerprint density at radius 2 is 2.28 bits per heavy atom. The monoisotopic (exact) mass is 250 g/mol. The minimum absolute atomic E-state index is 0.0218. The van der Waals surface area contributed by atoms with Gasteiger partial charge in [-0.05, 0) is 19.9 Å². The molecule has 1 aromatic heterocycles. The van der Waals surface area contributed by atoms with E-state index in [1.54, 1.807) is 11.8 Å². The maximum atomic E-state index is 12.1. The number of nitrogens with one attached hydrogen (secondary N) is 1. The van der Waals surface area contributed by atoms with Crippen LogP contribution in [0.2, 0.25) is 0 Å². The summed E-state index contributed by atoms with van der Waals surface area (Å²) in [5.41, 5.74) is 0.492. The van der Waals surface area contributed by atoms with Gasteiger partial charge in [0.1, 0.15) is 6.54 Å². The van der Waals surface area contributed by atoms with Gasteiger partial charge >= 0.3 is 0 Å². The molecule has 1 saturated heterocycles. The summed E-state index contributed by atoms with van der Waals surface area (Å²) in [6, 6.07) is 1.44. The summed E-state index contributed by atoms with van der Waals surface area (Å²) < 4.78 is 1.35. The number of hydrogen-bond donors (Lipinski definition) is 1. The van der Waals surface area contributed by atoms with E-state index < -0.39 is 0 Å². The predicted molar refractivity (Wildman–Crippen MR) is 67.3 cm³/mol. The average Bonchev–Trinajstić information content (AvgIpc) is 2.61. The topological polar surface area (TPSA) is 67.2 Å². The third-order valence-corrected chi connectivity index (χ3v) is 3.01. The molecule has 0 saturated carbocycles. The second-order valence-electron chi connectivity index (χ2n) is 4.48. The van der Waals surface area contributed by atoms with Crippen LogP contribution in [0.4, 0.5) is 0 Å². The van der Waals surface area contributed by atoms with Crippen molar-refractivity contribution in [3.63, 3.8) is 0 Å². The molecule has 18 heavy (non-hydrogen) atoms. The van der Waals surface area contributed by atoms with Crippen LogP contribution in [0, 0.1) is 6.92 Å². The van der Waals surface area contributed by atoms with Gasteiger partial charge in [0.15, 0.2) is 0 Å². The molecule has 0 aromatic carbocycles. The highest BCUT2D eigenvalue weighted by Gasteiger charge is 2.15. The Labute approximate surface area is 106 Å². The zero-order chi connectivity index (χ0) is 13.0. The van der Waals surface area contributed by atoms with Crippen molar-refractivity contribution in [3.8, 4) is 0 Å². The molecule has 2 rings (SSSR count). The molecule has 1 amide bonds. The van der Waals surface area contributed by atoms with Crippen LogP contribution < -0.4 is 10.9 Å². The first kappa shape index (κ1) is 12.8. The third-order valence-electron chi connectivity index (χ3n) is 3.01. The second kappa shape index (κ2) is 5.77. The van der Waals surface area contributed by atoms with Crippen LogP contribution in [0.5, 0.6) is 0 Å². The van der Waals surface area contributed by atoms with Crippen molar-refractivity contribution in [2.45, 2.75) is 19.9 Å². The Morgan fingerprint density at radius 3 is 3.06 bits per heavy atom. The Kier molecular flexibility index (Phi) is 4.09. The largest absolute Gasteiger partial charge is 0.340 e. The average molecular weight is 250 g/mol. The van der Waals surface area contributed by atoms with Gasteiger partial charge in [0, 0.05) is 31.4 Å². The molecule has 0 radical (unpaired) electrons. The summed E-state index contributed by atoms with van der Waals surface area (Å²) >= 11 is 0. The second-order valence-corrected chi connectivity index (χ2v) is 4.48. The van der Waals surface area contributed by atoms with Crippen molar-refractivity contribution in [2.75, 3.05) is 26.2 Å². The van der Waals surface area contributed by atoms with E-state index in [1.165, 1.54) is 17.0 Å². The fourth-order valence-corrected chi connectivity index (χ4v) is 1.98. The van der Waals surface area contributed by atoms with Crippen molar-refractivity contribution in [3.05, 3.63) is 28.4 Å². The maximum absolute atomic E-state index is 12.1. The molecule has 1 aromatic rings. The van der Waals surface area contributed by atoms with Crippen LogP contribution in [-0.2, 0) is 11.3 Å². The number of amides is 1. The van der Waals surface area contributed by atoms with Gasteiger partial charge in [-0.25, -0.2) is 4.98 Å². The molecule has 6 heteroatoms. The smallest absolute Gasteiger partial charge is 0.253 e. The number of hydrogen-bond acceptors (Lipinski definition) is 4. The van der Waals surface area contributed by atoms with Gasteiger partial charge < -0.3 is 10.2 Å². The molecule has 1 aliphatic rings. The number of aryl methyl sites for hydroxylation is 1. The first-order chi connectivity index (χ1) is 8.66. The number of carbonyl (C=O) groups is 1. The standard InChI is InChI=1S/C12H18N4O2/c1-10-7-11(17)16(9-14-10)8-12(18)15-5-2-3-13-4-6-15/h7,9,13H,2-6,8H2,1H3. The summed E-state index contributed by atoms with van der Waals surface area (Å²) in [6.07, 6.45) is 2.39. The van der Waals surface area contributed by atoms with Crippen molar-refractivity contribution >= 4 is 5.91 Å². The first-order valence-corrected chi connectivity index (χ1v) is 6.18. The van der Waals surface area contributed by atoms with E-state index in [4.69, 9.17) is 0 Å². The molecule has 1 fully saturated rings. The van der Waals surface area contributed by atoms with E-state index in [-0.39, 0.29) is 18.0 Å². The highest BCUT2D eigenvalue weighted by molar-refractivity contribution is 5.76. The summed E-state index contributed by atoms with van der Waals surface area (Å²) in [5, 5.41) is 3.24. The molecule has 0 unspecified atom stereocenters. The summed E-state index contributed by atoms with van der Waals surface area (Å²) in [5.74, 6) is -0.0218. The fourth-order valence-electron chi connectivity index (χ4n) is 1.98. The van der Waals surface area contributed by atoms with E-state index >= 15 is 0 Å². The van der Waals surface area contributed by atoms with Gasteiger partial charge in [-0.3, -0.25) is 14.2 Å².